The van der Waals surface area contributed by atoms with Crippen molar-refractivity contribution in [2.75, 3.05) is 0 Å². The predicted octanol–water partition coefficient (Wildman–Crippen LogP) is 4.18. The average molecular weight is 379 g/mol. The fourth-order valence-corrected chi connectivity index (χ4v) is 3.92. The van der Waals surface area contributed by atoms with Crippen molar-refractivity contribution in [1.82, 2.24) is 0 Å². The molecule has 1 aliphatic carbocycles. The normalized spacial score (nSPS) is 15.3. The van der Waals surface area contributed by atoms with Crippen molar-refractivity contribution in [3.05, 3.63) is 70.2 Å². The lowest BCUT2D eigenvalue weighted by Crippen LogP contribution is -2.16. The van der Waals surface area contributed by atoms with Crippen molar-refractivity contribution >= 4 is 31.6 Å². The standard InChI is InChI=1S/C17H15BrO3S/c1-12(16-11-6-13-4-2-3-5-17(13)16)21-22(19,20)15-9-7-14(18)8-10-15/h2-5,7-12H,6H2,1H3. The van der Waals surface area contributed by atoms with E-state index < -0.39 is 16.2 Å². The van der Waals surface area contributed by atoms with E-state index in [9.17, 15) is 8.42 Å². The average Bonchev–Trinajstić information content (AvgIpc) is 2.91. The quantitative estimate of drug-likeness (QED) is 0.749. The maximum absolute atomic E-state index is 12.4. The molecule has 2 aromatic rings. The molecule has 0 saturated carbocycles. The van der Waals surface area contributed by atoms with Gasteiger partial charge in [-0.1, -0.05) is 46.3 Å². The number of rotatable bonds is 4. The van der Waals surface area contributed by atoms with Crippen molar-refractivity contribution in [3.8, 4) is 0 Å². The number of fused-ring (bicyclic) bond motifs is 1. The van der Waals surface area contributed by atoms with Gasteiger partial charge in [0.15, 0.2) is 0 Å². The summed E-state index contributed by atoms with van der Waals surface area (Å²) in [6.45, 7) is 1.77. The van der Waals surface area contributed by atoms with E-state index in [0.29, 0.717) is 0 Å². The molecule has 3 nitrogen and oxygen atoms in total. The molecule has 0 spiro atoms. The molecular weight excluding hydrogens is 364 g/mol. The van der Waals surface area contributed by atoms with E-state index in [1.54, 1.807) is 19.1 Å². The molecule has 114 valence electrons. The maximum atomic E-state index is 12.4. The van der Waals surface area contributed by atoms with Crippen LogP contribution < -0.4 is 0 Å². The molecule has 5 heteroatoms. The van der Waals surface area contributed by atoms with Crippen molar-refractivity contribution in [2.24, 2.45) is 0 Å². The highest BCUT2D eigenvalue weighted by Gasteiger charge is 2.25. The Bertz CT molecular complexity index is 823. The van der Waals surface area contributed by atoms with Crippen molar-refractivity contribution in [3.63, 3.8) is 0 Å². The van der Waals surface area contributed by atoms with Gasteiger partial charge in [-0.2, -0.15) is 8.42 Å². The predicted molar refractivity (Wildman–Crippen MR) is 90.0 cm³/mol. The highest BCUT2D eigenvalue weighted by molar-refractivity contribution is 9.10. The zero-order valence-corrected chi connectivity index (χ0v) is 14.4. The van der Waals surface area contributed by atoms with Crippen LogP contribution in [0.3, 0.4) is 0 Å². The minimum absolute atomic E-state index is 0.162. The van der Waals surface area contributed by atoms with Gasteiger partial charge in [0, 0.05) is 4.47 Å². The molecule has 3 rings (SSSR count). The number of benzene rings is 2. The molecule has 0 N–H and O–H groups in total. The zero-order valence-electron chi connectivity index (χ0n) is 12.0. The Kier molecular flexibility index (Phi) is 4.21. The van der Waals surface area contributed by atoms with E-state index in [-0.39, 0.29) is 4.90 Å². The molecule has 2 aromatic carbocycles. The first-order valence-electron chi connectivity index (χ1n) is 6.94. The second-order valence-corrected chi connectivity index (χ2v) is 7.66. The summed E-state index contributed by atoms with van der Waals surface area (Å²) in [6, 6.07) is 14.4. The van der Waals surface area contributed by atoms with Gasteiger partial charge >= 0.3 is 0 Å². The minimum atomic E-state index is -3.78. The first-order valence-corrected chi connectivity index (χ1v) is 9.15. The van der Waals surface area contributed by atoms with Crippen molar-refractivity contribution in [2.45, 2.75) is 24.3 Å². The number of hydrogen-bond donors (Lipinski definition) is 0. The van der Waals surface area contributed by atoms with Crippen molar-refractivity contribution < 1.29 is 12.6 Å². The van der Waals surface area contributed by atoms with Crippen LogP contribution >= 0.6 is 15.9 Å². The SMILES string of the molecule is CC(OS(=O)(=O)c1ccc(Br)cc1)C1=CCc2ccccc21. The fourth-order valence-electron chi connectivity index (χ4n) is 2.59. The summed E-state index contributed by atoms with van der Waals surface area (Å²) in [7, 11) is -3.78. The van der Waals surface area contributed by atoms with Gasteiger partial charge in [-0.15, -0.1) is 0 Å². The van der Waals surface area contributed by atoms with Gasteiger partial charge in [-0.05, 0) is 54.3 Å². The lowest BCUT2D eigenvalue weighted by molar-refractivity contribution is 0.283. The van der Waals surface area contributed by atoms with Gasteiger partial charge in [-0.3, -0.25) is 4.18 Å². The third-order valence-corrected chi connectivity index (χ3v) is 5.60. The first-order chi connectivity index (χ1) is 10.5. The molecule has 0 aliphatic heterocycles. The molecule has 0 radical (unpaired) electrons. The van der Waals surface area contributed by atoms with Gasteiger partial charge in [-0.25, -0.2) is 0 Å². The van der Waals surface area contributed by atoms with Crippen LogP contribution in [0, 0.1) is 0 Å². The topological polar surface area (TPSA) is 43.4 Å². The van der Waals surface area contributed by atoms with Crippen LogP contribution in [0.25, 0.3) is 5.57 Å². The summed E-state index contributed by atoms with van der Waals surface area (Å²) >= 11 is 3.29. The van der Waals surface area contributed by atoms with Crippen LogP contribution in [0.5, 0.6) is 0 Å². The number of hydrogen-bond acceptors (Lipinski definition) is 3. The summed E-state index contributed by atoms with van der Waals surface area (Å²) in [5.74, 6) is 0. The molecule has 1 unspecified atom stereocenters. The smallest absolute Gasteiger partial charge is 0.258 e. The van der Waals surface area contributed by atoms with E-state index in [1.807, 2.05) is 24.3 Å². The molecule has 0 amide bonds. The molecule has 0 bridgehead atoms. The van der Waals surface area contributed by atoms with Crippen molar-refractivity contribution in [1.29, 1.82) is 0 Å². The van der Waals surface area contributed by atoms with Gasteiger partial charge in [0.05, 0.1) is 11.0 Å². The van der Waals surface area contributed by atoms with Crippen LogP contribution in [-0.2, 0) is 20.7 Å². The second kappa shape index (κ2) is 5.99. The van der Waals surface area contributed by atoms with Crippen LogP contribution in [-0.4, -0.2) is 14.5 Å². The lowest BCUT2D eigenvalue weighted by Gasteiger charge is -2.15. The molecule has 1 atom stereocenters. The summed E-state index contributed by atoms with van der Waals surface area (Å²) in [4.78, 5) is 0.162. The first kappa shape index (κ1) is 15.5. The van der Waals surface area contributed by atoms with Crippen LogP contribution in [0.15, 0.2) is 64.0 Å². The summed E-state index contributed by atoms with van der Waals surface area (Å²) in [5.41, 5.74) is 3.20. The second-order valence-electron chi connectivity index (χ2n) is 5.17. The monoisotopic (exact) mass is 378 g/mol. The Balaban J connectivity index is 1.83. The van der Waals surface area contributed by atoms with Gasteiger partial charge in [0.2, 0.25) is 0 Å². The third kappa shape index (κ3) is 3.02. The minimum Gasteiger partial charge on any atom is -0.258 e. The molecule has 0 heterocycles. The third-order valence-electron chi connectivity index (χ3n) is 3.68. The Hall–Kier alpha value is -1.43. The van der Waals surface area contributed by atoms with Crippen LogP contribution in [0.1, 0.15) is 18.1 Å². The largest absolute Gasteiger partial charge is 0.297 e. The summed E-state index contributed by atoms with van der Waals surface area (Å²) in [5, 5.41) is 0. The highest BCUT2D eigenvalue weighted by atomic mass is 79.9. The highest BCUT2D eigenvalue weighted by Crippen LogP contribution is 2.32. The van der Waals surface area contributed by atoms with Gasteiger partial charge in [0.1, 0.15) is 0 Å². The van der Waals surface area contributed by atoms with Gasteiger partial charge < -0.3 is 0 Å². The van der Waals surface area contributed by atoms with E-state index in [1.165, 1.54) is 17.7 Å². The lowest BCUT2D eigenvalue weighted by atomic mass is 10.0. The molecule has 0 fully saturated rings. The summed E-state index contributed by atoms with van der Waals surface area (Å²) in [6.07, 6.45) is 2.33. The fraction of sp³-hybridized carbons (Fsp3) is 0.176. The number of halogens is 1. The Labute approximate surface area is 138 Å². The van der Waals surface area contributed by atoms with E-state index in [0.717, 1.165) is 22.0 Å². The van der Waals surface area contributed by atoms with E-state index in [2.05, 4.69) is 22.0 Å². The molecular formula is C17H15BrO3S. The molecule has 22 heavy (non-hydrogen) atoms. The molecule has 1 aliphatic rings. The molecule has 0 saturated heterocycles. The Morgan fingerprint density at radius 3 is 2.50 bits per heavy atom. The molecule has 0 aromatic heterocycles. The van der Waals surface area contributed by atoms with Crippen LogP contribution in [0.4, 0.5) is 0 Å². The van der Waals surface area contributed by atoms with Crippen LogP contribution in [0.2, 0.25) is 0 Å². The van der Waals surface area contributed by atoms with E-state index >= 15 is 0 Å². The van der Waals surface area contributed by atoms with Gasteiger partial charge in [0.25, 0.3) is 10.1 Å². The summed E-state index contributed by atoms with van der Waals surface area (Å²) < 4.78 is 30.9. The Morgan fingerprint density at radius 1 is 1.09 bits per heavy atom. The maximum Gasteiger partial charge on any atom is 0.297 e. The Morgan fingerprint density at radius 2 is 1.77 bits per heavy atom. The van der Waals surface area contributed by atoms with E-state index in [4.69, 9.17) is 4.18 Å². The number of allylic oxidation sites excluding steroid dienone is 1. The zero-order chi connectivity index (χ0) is 15.7.